The molecule has 0 spiro atoms. The summed E-state index contributed by atoms with van der Waals surface area (Å²) >= 11 is 0. The molecule has 4 nitrogen and oxygen atoms in total. The highest BCUT2D eigenvalue weighted by atomic mass is 35.5. The number of alkyl halides is 3. The van der Waals surface area contributed by atoms with Crippen LogP contribution in [0.4, 0.5) is 13.2 Å². The van der Waals surface area contributed by atoms with Crippen LogP contribution in [-0.2, 0) is 11.0 Å². The van der Waals surface area contributed by atoms with Crippen molar-refractivity contribution in [1.82, 2.24) is 5.32 Å². The largest absolute Gasteiger partial charge is 0.480 e. The fraction of sp³-hybridized carbons (Fsp3) is 0.500. The Kier molecular flexibility index (Phi) is 7.18. The van der Waals surface area contributed by atoms with E-state index in [1.54, 1.807) is 13.8 Å². The van der Waals surface area contributed by atoms with Crippen molar-refractivity contribution in [2.75, 3.05) is 6.54 Å². The van der Waals surface area contributed by atoms with Crippen molar-refractivity contribution in [3.05, 3.63) is 29.8 Å². The van der Waals surface area contributed by atoms with Gasteiger partial charge in [0.1, 0.15) is 5.75 Å². The Morgan fingerprint density at radius 3 is 2.36 bits per heavy atom. The standard InChI is InChI=1S/C14H19F3N2O2.ClH/c1-9(12(20)19-13(2,3)8-18)21-11-7-5-4-6-10(11)14(15,16)17;/h4-7,9H,8,18H2,1-3H3,(H,19,20);1H. The van der Waals surface area contributed by atoms with Gasteiger partial charge in [-0.25, -0.2) is 0 Å². The zero-order valence-corrected chi connectivity index (χ0v) is 13.3. The first-order valence-corrected chi connectivity index (χ1v) is 6.42. The fourth-order valence-corrected chi connectivity index (χ4v) is 1.53. The van der Waals surface area contributed by atoms with Crippen LogP contribution < -0.4 is 15.8 Å². The first-order valence-electron chi connectivity index (χ1n) is 6.42. The van der Waals surface area contributed by atoms with Crippen LogP contribution in [0.2, 0.25) is 0 Å². The highest BCUT2D eigenvalue weighted by Crippen LogP contribution is 2.36. The van der Waals surface area contributed by atoms with E-state index in [2.05, 4.69) is 5.32 Å². The van der Waals surface area contributed by atoms with Gasteiger partial charge in [0.05, 0.1) is 5.56 Å². The van der Waals surface area contributed by atoms with Crippen molar-refractivity contribution in [1.29, 1.82) is 0 Å². The molecule has 0 aromatic heterocycles. The lowest BCUT2D eigenvalue weighted by atomic mass is 10.1. The summed E-state index contributed by atoms with van der Waals surface area (Å²) < 4.78 is 43.6. The summed E-state index contributed by atoms with van der Waals surface area (Å²) in [6.07, 6.45) is -5.61. The van der Waals surface area contributed by atoms with Gasteiger partial charge in [0.15, 0.2) is 6.10 Å². The first-order chi connectivity index (χ1) is 9.57. The zero-order valence-electron chi connectivity index (χ0n) is 12.5. The minimum absolute atomic E-state index is 0. The molecule has 126 valence electrons. The Balaban J connectivity index is 0.00000441. The predicted molar refractivity (Wildman–Crippen MR) is 80.1 cm³/mol. The number of hydrogen-bond donors (Lipinski definition) is 2. The molecule has 1 atom stereocenters. The molecule has 0 aliphatic rings. The molecule has 0 saturated carbocycles. The Morgan fingerprint density at radius 1 is 1.32 bits per heavy atom. The summed E-state index contributed by atoms with van der Waals surface area (Å²) in [7, 11) is 0. The number of para-hydroxylation sites is 1. The van der Waals surface area contributed by atoms with Crippen LogP contribution in [0.1, 0.15) is 26.3 Å². The molecule has 1 unspecified atom stereocenters. The smallest absolute Gasteiger partial charge is 0.419 e. The third-order valence-electron chi connectivity index (χ3n) is 2.84. The summed E-state index contributed by atoms with van der Waals surface area (Å²) in [4.78, 5) is 11.9. The van der Waals surface area contributed by atoms with Crippen molar-refractivity contribution in [2.45, 2.75) is 38.6 Å². The van der Waals surface area contributed by atoms with E-state index in [-0.39, 0.29) is 24.7 Å². The fourth-order valence-electron chi connectivity index (χ4n) is 1.53. The number of ether oxygens (including phenoxy) is 1. The minimum Gasteiger partial charge on any atom is -0.480 e. The summed E-state index contributed by atoms with van der Waals surface area (Å²) in [5.74, 6) is -0.902. The van der Waals surface area contributed by atoms with Crippen molar-refractivity contribution >= 4 is 18.3 Å². The highest BCUT2D eigenvalue weighted by Gasteiger charge is 2.35. The molecular formula is C14H20ClF3N2O2. The summed E-state index contributed by atoms with van der Waals surface area (Å²) in [5.41, 5.74) is 3.92. The van der Waals surface area contributed by atoms with Gasteiger partial charge in [-0.2, -0.15) is 13.2 Å². The van der Waals surface area contributed by atoms with Crippen LogP contribution in [0.25, 0.3) is 0 Å². The van der Waals surface area contributed by atoms with E-state index in [1.165, 1.54) is 25.1 Å². The molecule has 1 aromatic rings. The van der Waals surface area contributed by atoms with Gasteiger partial charge < -0.3 is 15.8 Å². The average molecular weight is 341 g/mol. The van der Waals surface area contributed by atoms with Crippen molar-refractivity contribution < 1.29 is 22.7 Å². The number of carbonyl (C=O) groups excluding carboxylic acids is 1. The van der Waals surface area contributed by atoms with Crippen LogP contribution in [0.3, 0.4) is 0 Å². The topological polar surface area (TPSA) is 64.3 Å². The number of rotatable bonds is 5. The number of halogens is 4. The maximum Gasteiger partial charge on any atom is 0.419 e. The molecule has 0 aliphatic heterocycles. The molecule has 8 heteroatoms. The van der Waals surface area contributed by atoms with Crippen LogP contribution in [0, 0.1) is 0 Å². The van der Waals surface area contributed by atoms with Gasteiger partial charge in [0, 0.05) is 12.1 Å². The van der Waals surface area contributed by atoms with Crippen LogP contribution in [0.15, 0.2) is 24.3 Å². The SMILES string of the molecule is CC(Oc1ccccc1C(F)(F)F)C(=O)NC(C)(C)CN.Cl. The van der Waals surface area contributed by atoms with Gasteiger partial charge in [0.25, 0.3) is 5.91 Å². The quantitative estimate of drug-likeness (QED) is 0.866. The zero-order chi connectivity index (χ0) is 16.3. The van der Waals surface area contributed by atoms with Crippen molar-refractivity contribution in [3.8, 4) is 5.75 Å². The molecule has 1 aromatic carbocycles. The van der Waals surface area contributed by atoms with Crippen molar-refractivity contribution in [3.63, 3.8) is 0 Å². The second kappa shape index (κ2) is 7.69. The molecule has 1 amide bonds. The van der Waals surface area contributed by atoms with Gasteiger partial charge >= 0.3 is 6.18 Å². The number of nitrogens with one attached hydrogen (secondary N) is 1. The van der Waals surface area contributed by atoms with E-state index >= 15 is 0 Å². The molecule has 0 radical (unpaired) electrons. The van der Waals surface area contributed by atoms with Crippen LogP contribution in [0.5, 0.6) is 5.75 Å². The maximum absolute atomic E-state index is 12.8. The molecule has 0 bridgehead atoms. The van der Waals surface area contributed by atoms with Gasteiger partial charge in [0.2, 0.25) is 0 Å². The van der Waals surface area contributed by atoms with E-state index in [0.29, 0.717) is 0 Å². The summed E-state index contributed by atoms with van der Waals surface area (Å²) in [5, 5.41) is 2.61. The number of carbonyl (C=O) groups is 1. The Morgan fingerprint density at radius 2 is 1.86 bits per heavy atom. The third kappa shape index (κ3) is 5.73. The molecule has 1 rings (SSSR count). The Hall–Kier alpha value is -1.47. The molecule has 0 aliphatic carbocycles. The number of nitrogens with two attached hydrogens (primary N) is 1. The van der Waals surface area contributed by atoms with Crippen molar-refractivity contribution in [2.24, 2.45) is 5.73 Å². The van der Waals surface area contributed by atoms with E-state index in [0.717, 1.165) is 6.07 Å². The molecule has 0 heterocycles. The van der Waals surface area contributed by atoms with Gasteiger partial charge in [-0.15, -0.1) is 12.4 Å². The lowest BCUT2D eigenvalue weighted by molar-refractivity contribution is -0.141. The van der Waals surface area contributed by atoms with E-state index in [9.17, 15) is 18.0 Å². The van der Waals surface area contributed by atoms with Crippen LogP contribution in [-0.4, -0.2) is 24.1 Å². The molecule has 0 saturated heterocycles. The second-order valence-corrected chi connectivity index (χ2v) is 5.33. The van der Waals surface area contributed by atoms with Gasteiger partial charge in [-0.1, -0.05) is 12.1 Å². The monoisotopic (exact) mass is 340 g/mol. The minimum atomic E-state index is -4.54. The molecule has 0 fully saturated rings. The Bertz CT molecular complexity index is 507. The maximum atomic E-state index is 12.8. The van der Waals surface area contributed by atoms with Gasteiger partial charge in [-0.3, -0.25) is 4.79 Å². The summed E-state index contributed by atoms with van der Waals surface area (Å²) in [6.45, 7) is 5.00. The van der Waals surface area contributed by atoms with Gasteiger partial charge in [-0.05, 0) is 32.9 Å². The lowest BCUT2D eigenvalue weighted by Gasteiger charge is -2.26. The highest BCUT2D eigenvalue weighted by molar-refractivity contribution is 5.85. The second-order valence-electron chi connectivity index (χ2n) is 5.33. The molecule has 22 heavy (non-hydrogen) atoms. The van der Waals surface area contributed by atoms with Crippen LogP contribution >= 0.6 is 12.4 Å². The van der Waals surface area contributed by atoms with E-state index in [4.69, 9.17) is 10.5 Å². The normalized spacial score (nSPS) is 13.0. The molecular weight excluding hydrogens is 321 g/mol. The number of hydrogen-bond acceptors (Lipinski definition) is 3. The van der Waals surface area contributed by atoms with E-state index in [1.807, 2.05) is 0 Å². The number of amides is 1. The summed E-state index contributed by atoms with van der Waals surface area (Å²) in [6, 6.07) is 4.77. The molecule has 3 N–H and O–H groups in total. The number of benzene rings is 1. The third-order valence-corrected chi connectivity index (χ3v) is 2.84. The average Bonchev–Trinajstić information content (AvgIpc) is 2.37. The lowest BCUT2D eigenvalue weighted by Crippen LogP contribution is -2.52. The van der Waals surface area contributed by atoms with E-state index < -0.39 is 29.3 Å². The first kappa shape index (κ1) is 20.5. The Labute approximate surface area is 133 Å². The predicted octanol–water partition coefficient (Wildman–Crippen LogP) is 2.75.